The van der Waals surface area contributed by atoms with E-state index in [-0.39, 0.29) is 5.91 Å². The number of anilines is 2. The van der Waals surface area contributed by atoms with Gasteiger partial charge in [0.05, 0.1) is 10.7 Å². The van der Waals surface area contributed by atoms with Crippen LogP contribution in [0.25, 0.3) is 0 Å². The first-order chi connectivity index (χ1) is 10.5. The molecule has 0 aromatic heterocycles. The van der Waals surface area contributed by atoms with E-state index in [2.05, 4.69) is 10.6 Å². The number of amides is 1. The fourth-order valence-corrected chi connectivity index (χ4v) is 2.65. The van der Waals surface area contributed by atoms with E-state index in [4.69, 9.17) is 23.2 Å². The SMILES string of the molecule is Cc1cccc(C)c1NCCC(=O)Nc1ccc(Cl)cc1Cl. The van der Waals surface area contributed by atoms with Gasteiger partial charge in [-0.2, -0.15) is 0 Å². The summed E-state index contributed by atoms with van der Waals surface area (Å²) in [4.78, 5) is 12.0. The summed E-state index contributed by atoms with van der Waals surface area (Å²) in [5.41, 5.74) is 3.99. The van der Waals surface area contributed by atoms with Crippen molar-refractivity contribution in [3.05, 3.63) is 57.6 Å². The van der Waals surface area contributed by atoms with Crippen molar-refractivity contribution in [3.63, 3.8) is 0 Å². The quantitative estimate of drug-likeness (QED) is 0.801. The maximum atomic E-state index is 12.0. The number of aryl methyl sites for hydroxylation is 2. The van der Waals surface area contributed by atoms with E-state index in [0.29, 0.717) is 28.7 Å². The summed E-state index contributed by atoms with van der Waals surface area (Å²) >= 11 is 11.9. The molecule has 0 aliphatic carbocycles. The molecule has 5 heteroatoms. The summed E-state index contributed by atoms with van der Waals surface area (Å²) < 4.78 is 0. The molecule has 0 aliphatic rings. The van der Waals surface area contributed by atoms with Crippen LogP contribution >= 0.6 is 23.2 Å². The van der Waals surface area contributed by atoms with Crippen LogP contribution in [0.2, 0.25) is 10.0 Å². The molecule has 1 amide bonds. The molecule has 0 bridgehead atoms. The topological polar surface area (TPSA) is 41.1 Å². The summed E-state index contributed by atoms with van der Waals surface area (Å²) in [5, 5.41) is 7.07. The maximum Gasteiger partial charge on any atom is 0.226 e. The van der Waals surface area contributed by atoms with Crippen molar-refractivity contribution < 1.29 is 4.79 Å². The summed E-state index contributed by atoms with van der Waals surface area (Å²) in [6.45, 7) is 4.65. The first kappa shape index (κ1) is 16.7. The van der Waals surface area contributed by atoms with Gasteiger partial charge in [0.25, 0.3) is 0 Å². The molecular formula is C17H18Cl2N2O. The minimum absolute atomic E-state index is 0.0945. The largest absolute Gasteiger partial charge is 0.384 e. The Bertz CT molecular complexity index is 666. The zero-order valence-electron chi connectivity index (χ0n) is 12.5. The van der Waals surface area contributed by atoms with Crippen molar-refractivity contribution >= 4 is 40.5 Å². The molecule has 0 atom stereocenters. The number of halogens is 2. The van der Waals surface area contributed by atoms with Gasteiger partial charge in [0, 0.05) is 23.7 Å². The lowest BCUT2D eigenvalue weighted by atomic mass is 10.1. The second-order valence-electron chi connectivity index (χ2n) is 5.12. The second-order valence-corrected chi connectivity index (χ2v) is 5.96. The number of hydrogen-bond donors (Lipinski definition) is 2. The van der Waals surface area contributed by atoms with Gasteiger partial charge >= 0.3 is 0 Å². The predicted molar refractivity (Wildman–Crippen MR) is 94.1 cm³/mol. The molecule has 2 aromatic carbocycles. The third-order valence-electron chi connectivity index (χ3n) is 3.34. The van der Waals surface area contributed by atoms with E-state index in [1.165, 1.54) is 11.1 Å². The van der Waals surface area contributed by atoms with E-state index in [1.807, 2.05) is 32.0 Å². The lowest BCUT2D eigenvalue weighted by Gasteiger charge is -2.13. The number of benzene rings is 2. The molecule has 0 fully saturated rings. The molecule has 22 heavy (non-hydrogen) atoms. The first-order valence-electron chi connectivity index (χ1n) is 7.02. The summed E-state index contributed by atoms with van der Waals surface area (Å²) in [5.74, 6) is -0.0945. The highest BCUT2D eigenvalue weighted by Crippen LogP contribution is 2.25. The Morgan fingerprint density at radius 2 is 1.77 bits per heavy atom. The fraction of sp³-hybridized carbons (Fsp3) is 0.235. The Labute approximate surface area is 140 Å². The smallest absolute Gasteiger partial charge is 0.226 e. The van der Waals surface area contributed by atoms with Gasteiger partial charge in [0.2, 0.25) is 5.91 Å². The standard InChI is InChI=1S/C17H18Cl2N2O/c1-11-4-3-5-12(2)17(11)20-9-8-16(22)21-15-7-6-13(18)10-14(15)19/h3-7,10,20H,8-9H2,1-2H3,(H,21,22). The summed E-state index contributed by atoms with van der Waals surface area (Å²) in [7, 11) is 0. The Kier molecular flexibility index (Phi) is 5.69. The number of nitrogens with one attached hydrogen (secondary N) is 2. The van der Waals surface area contributed by atoms with Crippen LogP contribution in [0.4, 0.5) is 11.4 Å². The minimum Gasteiger partial charge on any atom is -0.384 e. The lowest BCUT2D eigenvalue weighted by molar-refractivity contribution is -0.115. The van der Waals surface area contributed by atoms with Crippen molar-refractivity contribution in [3.8, 4) is 0 Å². The fourth-order valence-electron chi connectivity index (χ4n) is 2.20. The monoisotopic (exact) mass is 336 g/mol. The van der Waals surface area contributed by atoms with Crippen LogP contribution < -0.4 is 10.6 Å². The van der Waals surface area contributed by atoms with Crippen LogP contribution in [0.15, 0.2) is 36.4 Å². The first-order valence-corrected chi connectivity index (χ1v) is 7.78. The number of para-hydroxylation sites is 1. The van der Waals surface area contributed by atoms with Crippen LogP contribution in [0.1, 0.15) is 17.5 Å². The highest BCUT2D eigenvalue weighted by atomic mass is 35.5. The van der Waals surface area contributed by atoms with Gasteiger partial charge in [0.1, 0.15) is 0 Å². The molecule has 3 nitrogen and oxygen atoms in total. The van der Waals surface area contributed by atoms with Crippen molar-refractivity contribution in [1.82, 2.24) is 0 Å². The molecule has 0 aliphatic heterocycles. The van der Waals surface area contributed by atoms with Crippen molar-refractivity contribution in [2.75, 3.05) is 17.2 Å². The summed E-state index contributed by atoms with van der Waals surface area (Å²) in [6.07, 6.45) is 0.354. The molecule has 0 heterocycles. The predicted octanol–water partition coefficient (Wildman–Crippen LogP) is 5.05. The third-order valence-corrected chi connectivity index (χ3v) is 3.89. The second kappa shape index (κ2) is 7.52. The number of carbonyl (C=O) groups excluding carboxylic acids is 1. The normalized spacial score (nSPS) is 10.4. The lowest BCUT2D eigenvalue weighted by Crippen LogP contribution is -2.17. The van der Waals surface area contributed by atoms with Gasteiger partial charge in [-0.3, -0.25) is 4.79 Å². The van der Waals surface area contributed by atoms with Gasteiger partial charge in [-0.1, -0.05) is 41.4 Å². The highest BCUT2D eigenvalue weighted by Gasteiger charge is 2.07. The van der Waals surface area contributed by atoms with Gasteiger partial charge in [-0.15, -0.1) is 0 Å². The molecule has 0 saturated carbocycles. The van der Waals surface area contributed by atoms with Crippen LogP contribution in [0.5, 0.6) is 0 Å². The average Bonchev–Trinajstić information content (AvgIpc) is 2.45. The molecule has 0 unspecified atom stereocenters. The zero-order valence-corrected chi connectivity index (χ0v) is 14.1. The minimum atomic E-state index is -0.0945. The van der Waals surface area contributed by atoms with Crippen molar-refractivity contribution in [1.29, 1.82) is 0 Å². The molecule has 0 spiro atoms. The molecule has 2 N–H and O–H groups in total. The van der Waals surface area contributed by atoms with Crippen LogP contribution in [-0.2, 0) is 4.79 Å². The third kappa shape index (κ3) is 4.39. The van der Waals surface area contributed by atoms with Gasteiger partial charge in [-0.25, -0.2) is 0 Å². The molecule has 0 saturated heterocycles. The van der Waals surface area contributed by atoms with Crippen LogP contribution in [0, 0.1) is 13.8 Å². The van der Waals surface area contributed by atoms with Gasteiger partial charge < -0.3 is 10.6 Å². The Balaban J connectivity index is 1.88. The Morgan fingerprint density at radius 1 is 1.09 bits per heavy atom. The molecule has 0 radical (unpaired) electrons. The van der Waals surface area contributed by atoms with Crippen molar-refractivity contribution in [2.45, 2.75) is 20.3 Å². The maximum absolute atomic E-state index is 12.0. The van der Waals surface area contributed by atoms with E-state index in [1.54, 1.807) is 18.2 Å². The molecular weight excluding hydrogens is 319 g/mol. The van der Waals surface area contributed by atoms with Gasteiger partial charge in [-0.05, 0) is 43.2 Å². The van der Waals surface area contributed by atoms with E-state index >= 15 is 0 Å². The Morgan fingerprint density at radius 3 is 2.41 bits per heavy atom. The Hall–Kier alpha value is -1.71. The molecule has 116 valence electrons. The van der Waals surface area contributed by atoms with E-state index in [9.17, 15) is 4.79 Å². The number of rotatable bonds is 5. The number of hydrogen-bond acceptors (Lipinski definition) is 2. The zero-order chi connectivity index (χ0) is 16.1. The average molecular weight is 337 g/mol. The number of carbonyl (C=O) groups is 1. The van der Waals surface area contributed by atoms with E-state index < -0.39 is 0 Å². The highest BCUT2D eigenvalue weighted by molar-refractivity contribution is 6.36. The molecule has 2 aromatic rings. The van der Waals surface area contributed by atoms with Gasteiger partial charge in [0.15, 0.2) is 0 Å². The summed E-state index contributed by atoms with van der Waals surface area (Å²) in [6, 6.07) is 11.1. The van der Waals surface area contributed by atoms with Crippen LogP contribution in [0.3, 0.4) is 0 Å². The van der Waals surface area contributed by atoms with Crippen molar-refractivity contribution in [2.24, 2.45) is 0 Å². The van der Waals surface area contributed by atoms with E-state index in [0.717, 1.165) is 5.69 Å². The molecule has 2 rings (SSSR count). The van der Waals surface area contributed by atoms with Crippen LogP contribution in [-0.4, -0.2) is 12.5 Å².